The van der Waals surface area contributed by atoms with Gasteiger partial charge in [0.25, 0.3) is 0 Å². The first-order valence-corrected chi connectivity index (χ1v) is 8.00. The van der Waals surface area contributed by atoms with E-state index in [0.29, 0.717) is 10.4 Å². The Bertz CT molecular complexity index is 957. The largest absolute Gasteiger partial charge is 0.416 e. The molecule has 2 heterocycles. The number of hydrogen-bond acceptors (Lipinski definition) is 3. The maximum absolute atomic E-state index is 13.4. The maximum Gasteiger partial charge on any atom is 0.416 e. The van der Waals surface area contributed by atoms with E-state index in [9.17, 15) is 18.0 Å². The van der Waals surface area contributed by atoms with Gasteiger partial charge in [0.05, 0.1) is 5.56 Å². The van der Waals surface area contributed by atoms with Crippen LogP contribution in [0.4, 0.5) is 13.2 Å². The second-order valence-electron chi connectivity index (χ2n) is 5.51. The second-order valence-corrected chi connectivity index (χ2v) is 6.37. The standard InChI is InChI=1S/C18H13F3NOS/c1-9-10(2)16(11(3)23)13(7-15(9)18(19,20)21)14-8-24-17-12(14)5-4-6-22-17/h4-8H,1H2,2-3H3. The molecule has 0 fully saturated rings. The van der Waals surface area contributed by atoms with E-state index in [2.05, 4.69) is 11.9 Å². The molecule has 0 amide bonds. The molecule has 123 valence electrons. The number of thiophene rings is 1. The van der Waals surface area contributed by atoms with Crippen molar-refractivity contribution in [3.05, 3.63) is 59.0 Å². The summed E-state index contributed by atoms with van der Waals surface area (Å²) in [7, 11) is 0. The smallest absolute Gasteiger partial charge is 0.294 e. The van der Waals surface area contributed by atoms with Gasteiger partial charge in [0.15, 0.2) is 5.78 Å². The first-order valence-electron chi connectivity index (χ1n) is 7.12. The molecule has 0 atom stereocenters. The fourth-order valence-electron chi connectivity index (χ4n) is 2.85. The van der Waals surface area contributed by atoms with Gasteiger partial charge >= 0.3 is 6.18 Å². The molecule has 0 aliphatic carbocycles. The number of alkyl halides is 3. The lowest BCUT2D eigenvalue weighted by Crippen LogP contribution is -2.12. The van der Waals surface area contributed by atoms with E-state index in [0.717, 1.165) is 11.5 Å². The van der Waals surface area contributed by atoms with Crippen molar-refractivity contribution in [1.29, 1.82) is 0 Å². The molecule has 3 aromatic rings. The van der Waals surface area contributed by atoms with Crippen LogP contribution < -0.4 is 0 Å². The van der Waals surface area contributed by atoms with Gasteiger partial charge in [0, 0.05) is 28.1 Å². The Morgan fingerprint density at radius 3 is 2.62 bits per heavy atom. The van der Waals surface area contributed by atoms with Gasteiger partial charge in [-0.15, -0.1) is 11.3 Å². The fraction of sp³-hybridized carbons (Fsp3) is 0.167. The zero-order chi connectivity index (χ0) is 17.6. The van der Waals surface area contributed by atoms with Gasteiger partial charge in [-0.2, -0.15) is 13.2 Å². The summed E-state index contributed by atoms with van der Waals surface area (Å²) in [6, 6.07) is 4.54. The number of pyridine rings is 1. The molecule has 0 aliphatic heterocycles. The lowest BCUT2D eigenvalue weighted by molar-refractivity contribution is -0.137. The van der Waals surface area contributed by atoms with Crippen LogP contribution in [0.2, 0.25) is 0 Å². The van der Waals surface area contributed by atoms with Gasteiger partial charge in [-0.05, 0) is 55.7 Å². The van der Waals surface area contributed by atoms with E-state index in [1.54, 1.807) is 23.7 Å². The molecular formula is C18H13F3NOS. The van der Waals surface area contributed by atoms with Gasteiger partial charge in [0.1, 0.15) is 4.83 Å². The summed E-state index contributed by atoms with van der Waals surface area (Å²) in [5, 5.41) is 2.47. The predicted octanol–water partition coefficient (Wildman–Crippen LogP) is 5.68. The molecule has 2 nitrogen and oxygen atoms in total. The second kappa shape index (κ2) is 5.70. The van der Waals surface area contributed by atoms with Crippen LogP contribution in [0.15, 0.2) is 29.8 Å². The van der Waals surface area contributed by atoms with Crippen molar-refractivity contribution >= 4 is 27.3 Å². The number of aromatic nitrogens is 1. The summed E-state index contributed by atoms with van der Waals surface area (Å²) in [5.74, 6) is -0.288. The molecule has 0 saturated heterocycles. The van der Waals surface area contributed by atoms with Crippen LogP contribution in [-0.4, -0.2) is 10.8 Å². The van der Waals surface area contributed by atoms with Gasteiger partial charge < -0.3 is 0 Å². The normalized spacial score (nSPS) is 11.9. The van der Waals surface area contributed by atoms with E-state index in [-0.39, 0.29) is 28.0 Å². The average Bonchev–Trinajstić information content (AvgIpc) is 2.92. The summed E-state index contributed by atoms with van der Waals surface area (Å²) >= 11 is 1.33. The molecule has 0 N–H and O–H groups in total. The van der Waals surface area contributed by atoms with Gasteiger partial charge in [-0.3, -0.25) is 4.79 Å². The highest BCUT2D eigenvalue weighted by atomic mass is 32.1. The van der Waals surface area contributed by atoms with E-state index in [1.165, 1.54) is 25.2 Å². The molecule has 0 unspecified atom stereocenters. The molecular weight excluding hydrogens is 335 g/mol. The minimum Gasteiger partial charge on any atom is -0.294 e. The van der Waals surface area contributed by atoms with Gasteiger partial charge in [-0.25, -0.2) is 4.98 Å². The van der Waals surface area contributed by atoms with Crippen molar-refractivity contribution in [2.24, 2.45) is 0 Å². The number of hydrogen-bond donors (Lipinski definition) is 0. The number of benzene rings is 1. The Labute approximate surface area is 141 Å². The molecule has 1 radical (unpaired) electrons. The first-order chi connectivity index (χ1) is 11.2. The molecule has 3 rings (SSSR count). The summed E-state index contributed by atoms with van der Waals surface area (Å²) in [5.41, 5.74) is 0.422. The number of carbonyl (C=O) groups is 1. The minimum absolute atomic E-state index is 0.158. The number of rotatable bonds is 2. The van der Waals surface area contributed by atoms with Crippen molar-refractivity contribution in [3.8, 4) is 11.1 Å². The Balaban J connectivity index is 2.42. The quantitative estimate of drug-likeness (QED) is 0.558. The highest BCUT2D eigenvalue weighted by molar-refractivity contribution is 7.17. The topological polar surface area (TPSA) is 30.0 Å². The summed E-state index contributed by atoms with van der Waals surface area (Å²) < 4.78 is 40.1. The van der Waals surface area contributed by atoms with Crippen LogP contribution >= 0.6 is 11.3 Å². The van der Waals surface area contributed by atoms with E-state index in [4.69, 9.17) is 0 Å². The Kier molecular flexibility index (Phi) is 3.95. The number of fused-ring (bicyclic) bond motifs is 1. The SMILES string of the molecule is [CH2]c1c(C(F)(F)F)cc(-c2csc3ncccc23)c(C(C)=O)c1C. The fourth-order valence-corrected chi connectivity index (χ4v) is 3.76. The molecule has 0 saturated carbocycles. The predicted molar refractivity (Wildman–Crippen MR) is 89.3 cm³/mol. The lowest BCUT2D eigenvalue weighted by Gasteiger charge is -2.18. The third-order valence-electron chi connectivity index (χ3n) is 4.01. The number of halogens is 3. The highest BCUT2D eigenvalue weighted by Gasteiger charge is 2.35. The summed E-state index contributed by atoms with van der Waals surface area (Å²) in [4.78, 5) is 17.0. The Morgan fingerprint density at radius 1 is 1.29 bits per heavy atom. The molecule has 24 heavy (non-hydrogen) atoms. The van der Waals surface area contributed by atoms with Gasteiger partial charge in [-0.1, -0.05) is 0 Å². The lowest BCUT2D eigenvalue weighted by atomic mass is 9.88. The number of carbonyl (C=O) groups excluding carboxylic acids is 1. The van der Waals surface area contributed by atoms with Crippen LogP contribution in [0.3, 0.4) is 0 Å². The third-order valence-corrected chi connectivity index (χ3v) is 4.91. The summed E-state index contributed by atoms with van der Waals surface area (Å²) in [6.07, 6.45) is -2.91. The van der Waals surface area contributed by atoms with Crippen LogP contribution in [0.5, 0.6) is 0 Å². The molecule has 0 aliphatic rings. The molecule has 2 aromatic heterocycles. The van der Waals surface area contributed by atoms with Crippen LogP contribution in [-0.2, 0) is 6.18 Å². The van der Waals surface area contributed by atoms with Crippen molar-refractivity contribution in [3.63, 3.8) is 0 Å². The minimum atomic E-state index is -4.53. The van der Waals surface area contributed by atoms with E-state index in [1.807, 2.05) is 0 Å². The molecule has 1 aromatic carbocycles. The Hall–Kier alpha value is -2.21. The first kappa shape index (κ1) is 16.6. The van der Waals surface area contributed by atoms with Crippen molar-refractivity contribution in [2.75, 3.05) is 0 Å². The zero-order valence-electron chi connectivity index (χ0n) is 13.0. The monoisotopic (exact) mass is 348 g/mol. The highest BCUT2D eigenvalue weighted by Crippen LogP contribution is 2.41. The maximum atomic E-state index is 13.4. The number of ketones is 1. The number of nitrogens with zero attached hydrogens (tertiary/aromatic N) is 1. The molecule has 6 heteroatoms. The van der Waals surface area contributed by atoms with E-state index >= 15 is 0 Å². The number of Topliss-reactive ketones (excluding diaryl/α,β-unsaturated/α-hetero) is 1. The van der Waals surface area contributed by atoms with Crippen molar-refractivity contribution in [2.45, 2.75) is 20.0 Å². The van der Waals surface area contributed by atoms with Crippen LogP contribution in [0, 0.1) is 13.8 Å². The van der Waals surface area contributed by atoms with Crippen LogP contribution in [0.25, 0.3) is 21.3 Å². The van der Waals surface area contributed by atoms with Crippen molar-refractivity contribution in [1.82, 2.24) is 4.98 Å². The van der Waals surface area contributed by atoms with Crippen molar-refractivity contribution < 1.29 is 18.0 Å². The molecule has 0 spiro atoms. The summed E-state index contributed by atoms with van der Waals surface area (Å²) in [6.45, 7) is 6.39. The van der Waals surface area contributed by atoms with Crippen LogP contribution in [0.1, 0.15) is 34.0 Å². The van der Waals surface area contributed by atoms with E-state index < -0.39 is 11.7 Å². The zero-order valence-corrected chi connectivity index (χ0v) is 13.8. The van der Waals surface area contributed by atoms with Gasteiger partial charge in [0.2, 0.25) is 0 Å². The average molecular weight is 348 g/mol. The molecule has 0 bridgehead atoms. The third kappa shape index (κ3) is 2.60. The Morgan fingerprint density at radius 2 is 2.00 bits per heavy atom.